The van der Waals surface area contributed by atoms with Crippen LogP contribution >= 0.6 is 0 Å². The highest BCUT2D eigenvalue weighted by Gasteiger charge is 2.24. The molecule has 15 nitrogen and oxygen atoms in total. The van der Waals surface area contributed by atoms with Crippen molar-refractivity contribution >= 4 is 98.5 Å². The fraction of sp³-hybridized carbons (Fsp3) is 0. The van der Waals surface area contributed by atoms with E-state index in [1.165, 1.54) is 0 Å². The average molecular weight is 736 g/mol. The molecule has 0 bridgehead atoms. The number of aromatic amines is 3. The zero-order valence-electron chi connectivity index (χ0n) is 29.3. The number of pyridine rings is 6. The molecule has 0 unspecified atom stereocenters. The van der Waals surface area contributed by atoms with E-state index in [-0.39, 0.29) is 17.5 Å². The summed E-state index contributed by atoms with van der Waals surface area (Å²) in [5.41, 5.74) is 9.12. The number of nitrogens with zero attached hydrogens (tertiary/aromatic N) is 12. The Hall–Kier alpha value is -8.46. The van der Waals surface area contributed by atoms with Crippen LogP contribution in [0.1, 0.15) is 0 Å². The van der Waals surface area contributed by atoms with E-state index in [0.29, 0.717) is 17.5 Å². The monoisotopic (exact) mass is 735 g/mol. The fourth-order valence-electron chi connectivity index (χ4n) is 8.04. The molecular weight excluding hydrogens is 715 g/mol. The lowest BCUT2D eigenvalue weighted by molar-refractivity contribution is 1.02. The molecule has 10 aromatic heterocycles. The summed E-state index contributed by atoms with van der Waals surface area (Å²) >= 11 is 0. The van der Waals surface area contributed by atoms with E-state index in [1.54, 1.807) is 37.2 Å². The molecule has 15 heteroatoms. The minimum Gasteiger partial charge on any atom is -0.335 e. The Morgan fingerprint density at radius 2 is 0.509 bits per heavy atom. The van der Waals surface area contributed by atoms with E-state index >= 15 is 0 Å². The summed E-state index contributed by atoms with van der Waals surface area (Å²) in [6.45, 7) is 0. The van der Waals surface area contributed by atoms with Gasteiger partial charge in [-0.25, -0.2) is 29.9 Å². The second-order valence-corrected chi connectivity index (χ2v) is 13.6. The SMILES string of the molecule is c1cnc2c(c1)c1nc(-c3nc(-c4nc5c6cccnc6c6ncccc6c5[nH]4)nc(-c4nc5c6cccnc6c6ncccc6c5[nH]4)n3)[nH]c1c1cccnc12. The summed E-state index contributed by atoms with van der Waals surface area (Å²) < 4.78 is 0. The maximum absolute atomic E-state index is 5.11. The molecule has 0 saturated heterocycles. The molecule has 3 aromatic carbocycles. The lowest BCUT2D eigenvalue weighted by Gasteiger charge is -2.03. The number of hydrogen-bond donors (Lipinski definition) is 3. The highest BCUT2D eigenvalue weighted by atomic mass is 15.1. The average Bonchev–Trinajstić information content (AvgIpc) is 4.06. The summed E-state index contributed by atoms with van der Waals surface area (Å²) in [5, 5.41) is 5.20. The lowest BCUT2D eigenvalue weighted by atomic mass is 10.1. The normalized spacial score (nSPS) is 12.2. The van der Waals surface area contributed by atoms with Crippen LogP contribution in [-0.2, 0) is 0 Å². The van der Waals surface area contributed by atoms with E-state index in [4.69, 9.17) is 29.9 Å². The third kappa shape index (κ3) is 4.18. The largest absolute Gasteiger partial charge is 0.335 e. The first-order valence-electron chi connectivity index (χ1n) is 18.1. The second kappa shape index (κ2) is 11.0. The van der Waals surface area contributed by atoms with Crippen molar-refractivity contribution in [3.63, 3.8) is 0 Å². The quantitative estimate of drug-likeness (QED) is 0.149. The van der Waals surface area contributed by atoms with Crippen molar-refractivity contribution in [2.24, 2.45) is 0 Å². The van der Waals surface area contributed by atoms with Gasteiger partial charge in [-0.15, -0.1) is 0 Å². The van der Waals surface area contributed by atoms with Crippen molar-refractivity contribution < 1.29 is 0 Å². The van der Waals surface area contributed by atoms with Crippen LogP contribution in [0.4, 0.5) is 0 Å². The van der Waals surface area contributed by atoms with Crippen molar-refractivity contribution in [2.75, 3.05) is 0 Å². The van der Waals surface area contributed by atoms with Crippen LogP contribution in [0.2, 0.25) is 0 Å². The smallest absolute Gasteiger partial charge is 0.200 e. The molecule has 264 valence electrons. The molecule has 0 atom stereocenters. The molecule has 0 aliphatic carbocycles. The third-order valence-electron chi connectivity index (χ3n) is 10.5. The van der Waals surface area contributed by atoms with Gasteiger partial charge >= 0.3 is 0 Å². The minimum atomic E-state index is 0.289. The van der Waals surface area contributed by atoms with Gasteiger partial charge in [0.2, 0.25) is 0 Å². The fourth-order valence-corrected chi connectivity index (χ4v) is 8.04. The lowest BCUT2D eigenvalue weighted by Crippen LogP contribution is -2.02. The van der Waals surface area contributed by atoms with Crippen molar-refractivity contribution in [3.05, 3.63) is 110 Å². The first-order valence-corrected chi connectivity index (χ1v) is 18.1. The number of imidazole rings is 3. The molecule has 0 fully saturated rings. The van der Waals surface area contributed by atoms with E-state index in [9.17, 15) is 0 Å². The molecular formula is C42H21N15. The Bertz CT molecular complexity index is 3220. The van der Waals surface area contributed by atoms with Crippen LogP contribution in [0.15, 0.2) is 110 Å². The molecule has 0 amide bonds. The summed E-state index contributed by atoms with van der Waals surface area (Å²) in [4.78, 5) is 69.1. The van der Waals surface area contributed by atoms with Crippen molar-refractivity contribution in [1.29, 1.82) is 0 Å². The summed E-state index contributed by atoms with van der Waals surface area (Å²) in [5.74, 6) is 2.15. The van der Waals surface area contributed by atoms with Gasteiger partial charge in [-0.1, -0.05) is 0 Å². The Kier molecular flexibility index (Phi) is 5.80. The standard InChI is InChI=1S/C42H21N15/c1-7-19-25(43-13-1)26-20(8-2-14-44-26)32-31(19)49-37(50-32)40-55-41(38-51-33-21-9-3-15-45-27(21)28-22(34(33)52-38)10-4-16-46-28)57-42(56-40)39-53-35-23-11-5-17-47-29(23)30-24(36(35)54-39)12-6-18-48-30/h1-18H,(H,49,50)(H,51,52)(H,53,54). The number of hydrogen-bond acceptors (Lipinski definition) is 12. The number of H-pyrrole nitrogens is 3. The van der Waals surface area contributed by atoms with Gasteiger partial charge in [0.1, 0.15) is 0 Å². The predicted octanol–water partition coefficient (Wildman–Crippen LogP) is 7.79. The number of benzene rings is 3. The minimum absolute atomic E-state index is 0.289. The van der Waals surface area contributed by atoms with E-state index in [0.717, 1.165) is 98.5 Å². The van der Waals surface area contributed by atoms with Gasteiger partial charge in [-0.3, -0.25) is 29.9 Å². The Labute approximate surface area is 317 Å². The maximum atomic E-state index is 5.11. The Balaban J connectivity index is 1.11. The van der Waals surface area contributed by atoms with Crippen LogP contribution in [0.25, 0.3) is 133 Å². The first-order chi connectivity index (χ1) is 28.2. The zero-order chi connectivity index (χ0) is 37.2. The number of nitrogens with one attached hydrogen (secondary N) is 3. The van der Waals surface area contributed by atoms with E-state index < -0.39 is 0 Å². The molecule has 3 N–H and O–H groups in total. The van der Waals surface area contributed by atoms with Gasteiger partial charge in [0, 0.05) is 69.5 Å². The van der Waals surface area contributed by atoms with Crippen LogP contribution in [0.5, 0.6) is 0 Å². The molecule has 0 aliphatic heterocycles. The van der Waals surface area contributed by atoms with Crippen molar-refractivity contribution in [2.45, 2.75) is 0 Å². The molecule has 0 spiro atoms. The third-order valence-corrected chi connectivity index (χ3v) is 10.5. The zero-order valence-corrected chi connectivity index (χ0v) is 29.3. The molecule has 0 saturated carbocycles. The summed E-state index contributed by atoms with van der Waals surface area (Å²) in [6.07, 6.45) is 10.6. The van der Waals surface area contributed by atoms with Gasteiger partial charge < -0.3 is 15.0 Å². The molecule has 10 heterocycles. The number of rotatable bonds is 3. The topological polar surface area (TPSA) is 202 Å². The summed E-state index contributed by atoms with van der Waals surface area (Å²) in [6, 6.07) is 23.4. The molecule has 13 rings (SSSR count). The Morgan fingerprint density at radius 1 is 0.263 bits per heavy atom. The van der Waals surface area contributed by atoms with E-state index in [1.807, 2.05) is 72.8 Å². The van der Waals surface area contributed by atoms with Crippen LogP contribution in [-0.4, -0.2) is 74.8 Å². The number of aromatic nitrogens is 15. The highest BCUT2D eigenvalue weighted by molar-refractivity contribution is 6.23. The molecule has 13 aromatic rings. The summed E-state index contributed by atoms with van der Waals surface area (Å²) in [7, 11) is 0. The van der Waals surface area contributed by atoms with Gasteiger partial charge in [0.25, 0.3) is 0 Å². The van der Waals surface area contributed by atoms with Gasteiger partial charge in [-0.05, 0) is 72.8 Å². The molecule has 0 aliphatic rings. The molecule has 57 heavy (non-hydrogen) atoms. The van der Waals surface area contributed by atoms with Crippen LogP contribution in [0, 0.1) is 0 Å². The van der Waals surface area contributed by atoms with Crippen molar-refractivity contribution in [3.8, 4) is 34.9 Å². The van der Waals surface area contributed by atoms with Crippen LogP contribution in [0.3, 0.4) is 0 Å². The number of fused-ring (bicyclic) bond motifs is 18. The van der Waals surface area contributed by atoms with Crippen molar-refractivity contribution in [1.82, 2.24) is 74.8 Å². The van der Waals surface area contributed by atoms with E-state index in [2.05, 4.69) is 44.9 Å². The van der Waals surface area contributed by atoms with Gasteiger partial charge in [0.15, 0.2) is 34.9 Å². The first kappa shape index (κ1) is 29.9. The van der Waals surface area contributed by atoms with Crippen LogP contribution < -0.4 is 0 Å². The van der Waals surface area contributed by atoms with Gasteiger partial charge in [0.05, 0.1) is 66.2 Å². The Morgan fingerprint density at radius 3 is 0.789 bits per heavy atom. The van der Waals surface area contributed by atoms with Gasteiger partial charge in [-0.2, -0.15) is 0 Å². The predicted molar refractivity (Wildman–Crippen MR) is 217 cm³/mol. The molecule has 0 radical (unpaired) electrons. The maximum Gasteiger partial charge on any atom is 0.200 e. The second-order valence-electron chi connectivity index (χ2n) is 13.6. The highest BCUT2D eigenvalue weighted by Crippen LogP contribution is 2.37.